The van der Waals surface area contributed by atoms with E-state index >= 15 is 0 Å². The molecular formula is C5H9N3OS. The lowest BCUT2D eigenvalue weighted by Crippen LogP contribution is -2.22. The molecule has 0 atom stereocenters. The van der Waals surface area contributed by atoms with Crippen molar-refractivity contribution in [2.24, 2.45) is 5.10 Å². The molecular weight excluding hydrogens is 150 g/mol. The van der Waals surface area contributed by atoms with E-state index in [0.717, 1.165) is 6.54 Å². The van der Waals surface area contributed by atoms with E-state index in [2.05, 4.69) is 15.8 Å². The molecule has 0 aromatic rings. The van der Waals surface area contributed by atoms with Gasteiger partial charge in [-0.15, -0.1) is 0 Å². The number of hydrogen-bond acceptors (Lipinski definition) is 4. The van der Waals surface area contributed by atoms with Gasteiger partial charge in [-0.3, -0.25) is 4.79 Å². The van der Waals surface area contributed by atoms with E-state index in [0.29, 0.717) is 10.9 Å². The van der Waals surface area contributed by atoms with Crippen molar-refractivity contribution in [3.8, 4) is 0 Å². The van der Waals surface area contributed by atoms with Gasteiger partial charge in [0.1, 0.15) is 0 Å². The Hall–Kier alpha value is -0.710. The van der Waals surface area contributed by atoms with Crippen molar-refractivity contribution in [1.29, 1.82) is 0 Å². The van der Waals surface area contributed by atoms with Crippen molar-refractivity contribution in [1.82, 2.24) is 10.7 Å². The minimum Gasteiger partial charge on any atom is -0.308 e. The van der Waals surface area contributed by atoms with Crippen LogP contribution < -0.4 is 10.7 Å². The van der Waals surface area contributed by atoms with Gasteiger partial charge in [0, 0.05) is 6.54 Å². The molecule has 1 amide bonds. The molecule has 0 spiro atoms. The summed E-state index contributed by atoms with van der Waals surface area (Å²) < 4.78 is 0. The minimum atomic E-state index is 0.0293. The van der Waals surface area contributed by atoms with Crippen LogP contribution >= 0.6 is 11.8 Å². The molecule has 5 heteroatoms. The monoisotopic (exact) mass is 159 g/mol. The number of hydrogen-bond donors (Lipinski definition) is 2. The molecule has 0 unspecified atom stereocenters. The predicted molar refractivity (Wildman–Crippen MR) is 41.7 cm³/mol. The molecule has 1 aliphatic heterocycles. The molecule has 1 heterocycles. The van der Waals surface area contributed by atoms with Gasteiger partial charge in [-0.05, 0) is 6.92 Å². The highest BCUT2D eigenvalue weighted by atomic mass is 32.2. The highest BCUT2D eigenvalue weighted by Gasteiger charge is 2.15. The largest absolute Gasteiger partial charge is 0.308 e. The molecule has 1 rings (SSSR count). The number of carbonyl (C=O) groups is 1. The van der Waals surface area contributed by atoms with Crippen molar-refractivity contribution < 1.29 is 4.79 Å². The van der Waals surface area contributed by atoms with Gasteiger partial charge in [-0.1, -0.05) is 11.8 Å². The lowest BCUT2D eigenvalue weighted by atomic mass is 10.7. The smallest absolute Gasteiger partial charge is 0.236 e. The highest BCUT2D eigenvalue weighted by Crippen LogP contribution is 2.07. The molecule has 0 aromatic carbocycles. The van der Waals surface area contributed by atoms with Crippen molar-refractivity contribution in [2.45, 2.75) is 6.92 Å². The van der Waals surface area contributed by atoms with E-state index in [1.165, 1.54) is 11.8 Å². The summed E-state index contributed by atoms with van der Waals surface area (Å²) in [6, 6.07) is 0. The maximum atomic E-state index is 10.6. The molecule has 0 aromatic heterocycles. The zero-order chi connectivity index (χ0) is 7.40. The number of carbonyl (C=O) groups excluding carboxylic acids is 1. The summed E-state index contributed by atoms with van der Waals surface area (Å²) in [5, 5.41) is 7.16. The van der Waals surface area contributed by atoms with Crippen LogP contribution in [0.4, 0.5) is 0 Å². The van der Waals surface area contributed by atoms with Crippen LogP contribution in [0.5, 0.6) is 0 Å². The van der Waals surface area contributed by atoms with Gasteiger partial charge in [0.2, 0.25) is 5.91 Å². The zero-order valence-electron chi connectivity index (χ0n) is 5.68. The number of amides is 1. The number of nitrogens with zero attached hydrogens (tertiary/aromatic N) is 1. The van der Waals surface area contributed by atoms with Crippen LogP contribution in [0.25, 0.3) is 0 Å². The summed E-state index contributed by atoms with van der Waals surface area (Å²) in [5.41, 5.74) is 2.76. The van der Waals surface area contributed by atoms with Crippen LogP contribution in [0.1, 0.15) is 6.92 Å². The van der Waals surface area contributed by atoms with Gasteiger partial charge in [0.25, 0.3) is 0 Å². The van der Waals surface area contributed by atoms with Crippen LogP contribution in [0.2, 0.25) is 0 Å². The van der Waals surface area contributed by atoms with Crippen molar-refractivity contribution in [3.63, 3.8) is 0 Å². The fourth-order valence-corrected chi connectivity index (χ4v) is 1.19. The van der Waals surface area contributed by atoms with Crippen LogP contribution in [-0.2, 0) is 4.79 Å². The number of rotatable bonds is 2. The average Bonchev–Trinajstić information content (AvgIpc) is 2.31. The first-order valence-electron chi connectivity index (χ1n) is 3.06. The second-order valence-electron chi connectivity index (χ2n) is 1.77. The maximum absolute atomic E-state index is 10.6. The molecule has 1 saturated heterocycles. The van der Waals surface area contributed by atoms with Gasteiger partial charge in [0.05, 0.1) is 5.75 Å². The Bertz CT molecular complexity index is 168. The standard InChI is InChI=1S/C5H9N3OS/c1-2-6-8-5-7-4(9)3-10-5/h6H,2-3H2,1H3,(H,7,8,9). The first-order valence-corrected chi connectivity index (χ1v) is 4.04. The van der Waals surface area contributed by atoms with Crippen LogP contribution in [0, 0.1) is 0 Å². The normalized spacial score (nSPS) is 21.3. The van der Waals surface area contributed by atoms with Crippen molar-refractivity contribution in [2.75, 3.05) is 12.3 Å². The maximum Gasteiger partial charge on any atom is 0.236 e. The molecule has 1 aliphatic rings. The topological polar surface area (TPSA) is 53.5 Å². The summed E-state index contributed by atoms with van der Waals surface area (Å²) >= 11 is 1.42. The summed E-state index contributed by atoms with van der Waals surface area (Å²) in [6.07, 6.45) is 0. The van der Waals surface area contributed by atoms with E-state index in [9.17, 15) is 4.79 Å². The lowest BCUT2D eigenvalue weighted by Gasteiger charge is -1.94. The molecule has 0 aliphatic carbocycles. The summed E-state index contributed by atoms with van der Waals surface area (Å²) in [6.45, 7) is 2.73. The fourth-order valence-electron chi connectivity index (χ4n) is 0.536. The SMILES string of the molecule is CCN/N=C1/NC(=O)CS1. The van der Waals surface area contributed by atoms with Crippen molar-refractivity contribution >= 4 is 22.8 Å². The minimum absolute atomic E-state index is 0.0293. The van der Waals surface area contributed by atoms with E-state index < -0.39 is 0 Å². The van der Waals surface area contributed by atoms with Crippen molar-refractivity contribution in [3.05, 3.63) is 0 Å². The Balaban J connectivity index is 2.36. The lowest BCUT2D eigenvalue weighted by molar-refractivity contribution is -0.116. The zero-order valence-corrected chi connectivity index (χ0v) is 6.49. The van der Waals surface area contributed by atoms with Crippen LogP contribution in [-0.4, -0.2) is 23.4 Å². The highest BCUT2D eigenvalue weighted by molar-refractivity contribution is 8.15. The molecule has 2 N–H and O–H groups in total. The Morgan fingerprint density at radius 1 is 1.90 bits per heavy atom. The second kappa shape index (κ2) is 3.46. The van der Waals surface area contributed by atoms with Gasteiger partial charge >= 0.3 is 0 Å². The van der Waals surface area contributed by atoms with Crippen LogP contribution in [0.3, 0.4) is 0 Å². The molecule has 10 heavy (non-hydrogen) atoms. The predicted octanol–water partition coefficient (Wildman–Crippen LogP) is -0.270. The van der Waals surface area contributed by atoms with E-state index in [1.807, 2.05) is 6.92 Å². The quantitative estimate of drug-likeness (QED) is 0.545. The molecule has 0 saturated carbocycles. The summed E-state index contributed by atoms with van der Waals surface area (Å²) in [7, 11) is 0. The van der Waals surface area contributed by atoms with Gasteiger partial charge in [0.15, 0.2) is 5.17 Å². The van der Waals surface area contributed by atoms with Crippen LogP contribution in [0.15, 0.2) is 5.10 Å². The number of amidine groups is 1. The van der Waals surface area contributed by atoms with Gasteiger partial charge in [-0.2, -0.15) is 5.10 Å². The third-order valence-corrected chi connectivity index (χ3v) is 1.80. The Labute approximate surface area is 63.4 Å². The number of nitrogens with one attached hydrogen (secondary N) is 2. The van der Waals surface area contributed by atoms with E-state index in [1.54, 1.807) is 0 Å². The molecule has 1 fully saturated rings. The summed E-state index contributed by atoms with van der Waals surface area (Å²) in [5.74, 6) is 0.520. The summed E-state index contributed by atoms with van der Waals surface area (Å²) in [4.78, 5) is 10.6. The third-order valence-electron chi connectivity index (χ3n) is 0.925. The number of thioether (sulfide) groups is 1. The first kappa shape index (κ1) is 7.40. The fraction of sp³-hybridized carbons (Fsp3) is 0.600. The molecule has 0 bridgehead atoms. The van der Waals surface area contributed by atoms with E-state index in [-0.39, 0.29) is 5.91 Å². The molecule has 4 nitrogen and oxygen atoms in total. The number of hydrazone groups is 1. The molecule has 56 valence electrons. The third kappa shape index (κ3) is 1.91. The second-order valence-corrected chi connectivity index (χ2v) is 2.73. The first-order chi connectivity index (χ1) is 4.83. The average molecular weight is 159 g/mol. The van der Waals surface area contributed by atoms with Gasteiger partial charge in [-0.25, -0.2) is 0 Å². The Morgan fingerprint density at radius 3 is 3.20 bits per heavy atom. The van der Waals surface area contributed by atoms with Gasteiger partial charge < -0.3 is 10.7 Å². The van der Waals surface area contributed by atoms with E-state index in [4.69, 9.17) is 0 Å². The Kier molecular flexibility index (Phi) is 2.56. The molecule has 0 radical (unpaired) electrons. The Morgan fingerprint density at radius 2 is 2.70 bits per heavy atom.